The molecule has 0 spiro atoms. The van der Waals surface area contributed by atoms with Crippen molar-refractivity contribution in [3.05, 3.63) is 59.4 Å². The quantitative estimate of drug-likeness (QED) is 0.865. The van der Waals surface area contributed by atoms with Crippen molar-refractivity contribution in [2.45, 2.75) is 6.54 Å². The van der Waals surface area contributed by atoms with Crippen molar-refractivity contribution < 1.29 is 4.79 Å². The fourth-order valence-electron chi connectivity index (χ4n) is 1.59. The van der Waals surface area contributed by atoms with Gasteiger partial charge in [-0.1, -0.05) is 12.1 Å². The van der Waals surface area contributed by atoms with Crippen molar-refractivity contribution in [3.8, 4) is 6.07 Å². The number of aromatic nitrogens is 1. The third kappa shape index (κ3) is 3.30. The molecular weight excluding hydrogens is 240 g/mol. The van der Waals surface area contributed by atoms with Gasteiger partial charge in [0, 0.05) is 18.4 Å². The fourth-order valence-corrected chi connectivity index (χ4v) is 1.59. The molecule has 1 heterocycles. The monoisotopic (exact) mass is 252 g/mol. The average Bonchev–Trinajstić information content (AvgIpc) is 2.45. The van der Waals surface area contributed by atoms with Crippen molar-refractivity contribution in [2.75, 3.05) is 5.73 Å². The van der Waals surface area contributed by atoms with Crippen molar-refractivity contribution in [2.24, 2.45) is 0 Å². The molecule has 0 aliphatic carbocycles. The SMILES string of the molecule is N#Cc1cccc(CNC(=O)c2cc(N)ccn2)c1. The molecule has 0 atom stereocenters. The number of nitrogens with zero attached hydrogens (tertiary/aromatic N) is 2. The molecule has 0 radical (unpaired) electrons. The maximum Gasteiger partial charge on any atom is 0.270 e. The van der Waals surface area contributed by atoms with E-state index in [4.69, 9.17) is 11.0 Å². The fraction of sp³-hybridized carbons (Fsp3) is 0.0714. The molecular formula is C14H12N4O. The Kier molecular flexibility index (Phi) is 3.74. The van der Waals surface area contributed by atoms with Gasteiger partial charge in [-0.25, -0.2) is 0 Å². The number of rotatable bonds is 3. The molecule has 3 N–H and O–H groups in total. The highest BCUT2D eigenvalue weighted by Crippen LogP contribution is 2.05. The van der Waals surface area contributed by atoms with E-state index in [1.165, 1.54) is 12.3 Å². The summed E-state index contributed by atoms with van der Waals surface area (Å²) in [5.74, 6) is -0.297. The molecule has 19 heavy (non-hydrogen) atoms. The molecule has 0 aliphatic rings. The number of nitrogens with one attached hydrogen (secondary N) is 1. The second-order valence-electron chi connectivity index (χ2n) is 3.97. The normalized spacial score (nSPS) is 9.63. The van der Waals surface area contributed by atoms with E-state index in [-0.39, 0.29) is 11.6 Å². The number of hydrogen-bond donors (Lipinski definition) is 2. The lowest BCUT2D eigenvalue weighted by molar-refractivity contribution is 0.0946. The first kappa shape index (κ1) is 12.6. The average molecular weight is 252 g/mol. The lowest BCUT2D eigenvalue weighted by Crippen LogP contribution is -2.23. The van der Waals surface area contributed by atoms with Crippen molar-refractivity contribution in [1.29, 1.82) is 5.26 Å². The number of nitrogen functional groups attached to an aromatic ring is 1. The molecule has 1 aromatic heterocycles. The smallest absolute Gasteiger partial charge is 0.270 e. The zero-order valence-corrected chi connectivity index (χ0v) is 10.1. The van der Waals surface area contributed by atoms with Gasteiger partial charge in [0.05, 0.1) is 11.6 Å². The molecule has 94 valence electrons. The first-order valence-corrected chi connectivity index (χ1v) is 5.68. The highest BCUT2D eigenvalue weighted by molar-refractivity contribution is 5.92. The number of carbonyl (C=O) groups is 1. The second kappa shape index (κ2) is 5.65. The minimum atomic E-state index is -0.297. The third-order valence-electron chi connectivity index (χ3n) is 2.53. The Bertz CT molecular complexity index is 646. The summed E-state index contributed by atoms with van der Waals surface area (Å²) in [6.45, 7) is 0.338. The standard InChI is InChI=1S/C14H12N4O/c15-8-10-2-1-3-11(6-10)9-18-14(19)13-7-12(16)4-5-17-13/h1-7H,9H2,(H2,16,17)(H,18,19). The van der Waals surface area contributed by atoms with Gasteiger partial charge in [-0.05, 0) is 29.8 Å². The van der Waals surface area contributed by atoms with Gasteiger partial charge < -0.3 is 11.1 Å². The molecule has 1 aromatic carbocycles. The van der Waals surface area contributed by atoms with E-state index in [1.807, 2.05) is 6.07 Å². The Labute approximate surface area is 110 Å². The van der Waals surface area contributed by atoms with Crippen molar-refractivity contribution >= 4 is 11.6 Å². The highest BCUT2D eigenvalue weighted by atomic mass is 16.1. The molecule has 0 fully saturated rings. The van der Waals surface area contributed by atoms with Crippen LogP contribution in [-0.2, 0) is 6.54 Å². The molecule has 5 nitrogen and oxygen atoms in total. The van der Waals surface area contributed by atoms with Crippen LogP contribution >= 0.6 is 0 Å². The van der Waals surface area contributed by atoms with Gasteiger partial charge in [0.15, 0.2) is 0 Å². The van der Waals surface area contributed by atoms with Crippen LogP contribution < -0.4 is 11.1 Å². The highest BCUT2D eigenvalue weighted by Gasteiger charge is 2.06. The van der Waals surface area contributed by atoms with E-state index in [2.05, 4.69) is 16.4 Å². The van der Waals surface area contributed by atoms with Gasteiger partial charge in [0.25, 0.3) is 5.91 Å². The summed E-state index contributed by atoms with van der Waals surface area (Å²) in [6.07, 6.45) is 1.49. The van der Waals surface area contributed by atoms with E-state index < -0.39 is 0 Å². The maximum absolute atomic E-state index is 11.8. The Hall–Kier alpha value is -2.87. The van der Waals surface area contributed by atoms with Gasteiger partial charge in [-0.3, -0.25) is 9.78 Å². The second-order valence-corrected chi connectivity index (χ2v) is 3.97. The van der Waals surface area contributed by atoms with Gasteiger partial charge >= 0.3 is 0 Å². The van der Waals surface area contributed by atoms with Gasteiger partial charge in [-0.2, -0.15) is 5.26 Å². The Morgan fingerprint density at radius 3 is 2.95 bits per heavy atom. The third-order valence-corrected chi connectivity index (χ3v) is 2.53. The Morgan fingerprint density at radius 2 is 2.21 bits per heavy atom. The molecule has 2 aromatic rings. The number of benzene rings is 1. The summed E-state index contributed by atoms with van der Waals surface area (Å²) in [7, 11) is 0. The van der Waals surface area contributed by atoms with Crippen molar-refractivity contribution in [1.82, 2.24) is 10.3 Å². The van der Waals surface area contributed by atoms with Crippen LogP contribution in [0.4, 0.5) is 5.69 Å². The molecule has 0 saturated carbocycles. The molecule has 0 saturated heterocycles. The molecule has 0 unspecified atom stereocenters. The Balaban J connectivity index is 2.02. The van der Waals surface area contributed by atoms with Gasteiger partial charge in [0.2, 0.25) is 0 Å². The van der Waals surface area contributed by atoms with Gasteiger partial charge in [0.1, 0.15) is 5.69 Å². The van der Waals surface area contributed by atoms with Crippen LogP contribution in [0.2, 0.25) is 0 Å². The number of pyridine rings is 1. The zero-order chi connectivity index (χ0) is 13.7. The number of carbonyl (C=O) groups excluding carboxylic acids is 1. The summed E-state index contributed by atoms with van der Waals surface area (Å²) < 4.78 is 0. The van der Waals surface area contributed by atoms with Crippen LogP contribution in [0.1, 0.15) is 21.6 Å². The largest absolute Gasteiger partial charge is 0.399 e. The van der Waals surface area contributed by atoms with E-state index in [9.17, 15) is 4.79 Å². The van der Waals surface area contributed by atoms with E-state index >= 15 is 0 Å². The predicted molar refractivity (Wildman–Crippen MR) is 71.0 cm³/mol. The molecule has 2 rings (SSSR count). The minimum Gasteiger partial charge on any atom is -0.399 e. The first-order valence-electron chi connectivity index (χ1n) is 5.68. The topological polar surface area (TPSA) is 91.8 Å². The zero-order valence-electron chi connectivity index (χ0n) is 10.1. The molecule has 1 amide bonds. The minimum absolute atomic E-state index is 0.274. The van der Waals surface area contributed by atoms with Crippen LogP contribution in [0.25, 0.3) is 0 Å². The van der Waals surface area contributed by atoms with E-state index in [0.717, 1.165) is 5.56 Å². The summed E-state index contributed by atoms with van der Waals surface area (Å²) in [4.78, 5) is 15.8. The molecule has 0 bridgehead atoms. The van der Waals surface area contributed by atoms with Crippen LogP contribution in [-0.4, -0.2) is 10.9 Å². The number of amides is 1. The summed E-state index contributed by atoms with van der Waals surface area (Å²) in [6, 6.07) is 12.2. The number of nitriles is 1. The van der Waals surface area contributed by atoms with Crippen molar-refractivity contribution in [3.63, 3.8) is 0 Å². The van der Waals surface area contributed by atoms with Crippen LogP contribution in [0.15, 0.2) is 42.6 Å². The lowest BCUT2D eigenvalue weighted by atomic mass is 10.1. The van der Waals surface area contributed by atoms with Gasteiger partial charge in [-0.15, -0.1) is 0 Å². The lowest BCUT2D eigenvalue weighted by Gasteiger charge is -2.05. The van der Waals surface area contributed by atoms with Crippen LogP contribution in [0.5, 0.6) is 0 Å². The maximum atomic E-state index is 11.8. The van der Waals surface area contributed by atoms with Crippen LogP contribution in [0, 0.1) is 11.3 Å². The Morgan fingerprint density at radius 1 is 1.37 bits per heavy atom. The number of anilines is 1. The summed E-state index contributed by atoms with van der Waals surface area (Å²) >= 11 is 0. The summed E-state index contributed by atoms with van der Waals surface area (Å²) in [5, 5.41) is 11.5. The molecule has 0 aliphatic heterocycles. The molecule has 5 heteroatoms. The number of nitrogens with two attached hydrogens (primary N) is 1. The van der Waals surface area contributed by atoms with E-state index in [0.29, 0.717) is 17.8 Å². The number of hydrogen-bond acceptors (Lipinski definition) is 4. The predicted octanol–water partition coefficient (Wildman–Crippen LogP) is 1.47. The van der Waals surface area contributed by atoms with E-state index in [1.54, 1.807) is 24.3 Å². The first-order chi connectivity index (χ1) is 9.19. The van der Waals surface area contributed by atoms with Crippen LogP contribution in [0.3, 0.4) is 0 Å². The summed E-state index contributed by atoms with van der Waals surface area (Å²) in [5.41, 5.74) is 7.77.